The second-order valence-corrected chi connectivity index (χ2v) is 5.01. The summed E-state index contributed by atoms with van der Waals surface area (Å²) in [6.45, 7) is 2.09. The summed E-state index contributed by atoms with van der Waals surface area (Å²) < 4.78 is 3.67. The number of hydrogen-bond acceptors (Lipinski definition) is 6. The van der Waals surface area contributed by atoms with Crippen molar-refractivity contribution in [3.8, 4) is 0 Å². The largest absolute Gasteiger partial charge is 0.310 e. The number of rotatable bonds is 4. The Balaban J connectivity index is 2.03. The lowest BCUT2D eigenvalue weighted by Crippen LogP contribution is -2.08. The van der Waals surface area contributed by atoms with E-state index in [1.807, 2.05) is 0 Å². The van der Waals surface area contributed by atoms with Crippen molar-refractivity contribution in [2.24, 2.45) is 0 Å². The molecular formula is C9H10N4OS2. The number of aryl methyl sites for hydroxylation is 1. The van der Waals surface area contributed by atoms with Gasteiger partial charge in [0, 0.05) is 11.5 Å². The van der Waals surface area contributed by atoms with Gasteiger partial charge in [-0.3, -0.25) is 4.79 Å². The van der Waals surface area contributed by atoms with Gasteiger partial charge in [0.25, 0.3) is 5.91 Å². The number of carbonyl (C=O) groups is 1. The molecule has 84 valence electrons. The number of hydrogen-bond donors (Lipinski definition) is 1. The summed E-state index contributed by atoms with van der Waals surface area (Å²) >= 11 is 2.58. The average Bonchev–Trinajstić information content (AvgIpc) is 2.89. The Hall–Kier alpha value is -1.34. The predicted octanol–water partition coefficient (Wildman–Crippen LogP) is 2.20. The zero-order valence-electron chi connectivity index (χ0n) is 8.64. The molecule has 2 rings (SSSR count). The molecule has 2 aromatic heterocycles. The number of nitrogens with zero attached hydrogens (tertiary/aromatic N) is 3. The summed E-state index contributed by atoms with van der Waals surface area (Å²) in [7, 11) is 0. The van der Waals surface area contributed by atoms with E-state index < -0.39 is 0 Å². The van der Waals surface area contributed by atoms with Gasteiger partial charge in [-0.25, -0.2) is 4.98 Å². The lowest BCUT2D eigenvalue weighted by atomic mass is 10.4. The second kappa shape index (κ2) is 5.13. The van der Waals surface area contributed by atoms with E-state index in [4.69, 9.17) is 0 Å². The second-order valence-electron chi connectivity index (χ2n) is 3.10. The van der Waals surface area contributed by atoms with Gasteiger partial charge in [-0.2, -0.15) is 0 Å². The highest BCUT2D eigenvalue weighted by Gasteiger charge is 2.11. The molecule has 2 heterocycles. The van der Waals surface area contributed by atoms with E-state index in [1.54, 1.807) is 6.20 Å². The van der Waals surface area contributed by atoms with Crippen LogP contribution in [0.1, 0.15) is 28.0 Å². The maximum absolute atomic E-state index is 11.7. The van der Waals surface area contributed by atoms with E-state index >= 15 is 0 Å². The van der Waals surface area contributed by atoms with Crippen LogP contribution in [0.5, 0.6) is 0 Å². The molecule has 0 atom stereocenters. The summed E-state index contributed by atoms with van der Waals surface area (Å²) in [6, 6.07) is 0. The number of amides is 1. The molecule has 0 aliphatic rings. The Kier molecular flexibility index (Phi) is 3.58. The summed E-state index contributed by atoms with van der Waals surface area (Å²) in [5.41, 5.74) is 0. The highest BCUT2D eigenvalue weighted by atomic mass is 32.1. The molecule has 0 aromatic carbocycles. The van der Waals surface area contributed by atoms with Gasteiger partial charge < -0.3 is 5.32 Å². The molecule has 0 fully saturated rings. The molecule has 0 spiro atoms. The van der Waals surface area contributed by atoms with Gasteiger partial charge in [0.15, 0.2) is 0 Å². The topological polar surface area (TPSA) is 67.8 Å². The van der Waals surface area contributed by atoms with Crippen molar-refractivity contribution in [3.05, 3.63) is 22.3 Å². The van der Waals surface area contributed by atoms with Crippen LogP contribution in [-0.4, -0.2) is 20.5 Å². The molecule has 0 unspecified atom stereocenters. The van der Waals surface area contributed by atoms with Crippen molar-refractivity contribution >= 4 is 33.8 Å². The third-order valence-corrected chi connectivity index (χ3v) is 3.48. The van der Waals surface area contributed by atoms with Gasteiger partial charge in [0.2, 0.25) is 0 Å². The van der Waals surface area contributed by atoms with Crippen molar-refractivity contribution in [1.82, 2.24) is 14.6 Å². The molecule has 0 bridgehead atoms. The van der Waals surface area contributed by atoms with Crippen molar-refractivity contribution in [2.75, 3.05) is 5.32 Å². The van der Waals surface area contributed by atoms with E-state index in [-0.39, 0.29) is 5.91 Å². The number of nitrogens with one attached hydrogen (secondary N) is 1. The Bertz CT molecular complexity index is 466. The van der Waals surface area contributed by atoms with Crippen LogP contribution < -0.4 is 5.32 Å². The normalized spacial score (nSPS) is 10.3. The zero-order chi connectivity index (χ0) is 11.4. The molecule has 0 radical (unpaired) electrons. The number of aromatic nitrogens is 3. The first-order valence-electron chi connectivity index (χ1n) is 4.83. The number of thiazole rings is 1. The Labute approximate surface area is 101 Å². The van der Waals surface area contributed by atoms with Crippen molar-refractivity contribution in [1.29, 1.82) is 0 Å². The summed E-state index contributed by atoms with van der Waals surface area (Å²) in [4.78, 5) is 16.5. The fourth-order valence-corrected chi connectivity index (χ4v) is 2.47. The number of anilines is 1. The molecule has 0 aliphatic heterocycles. The molecule has 7 heteroatoms. The average molecular weight is 254 g/mol. The number of carbonyl (C=O) groups excluding carboxylic acids is 1. The Morgan fingerprint density at radius 2 is 2.38 bits per heavy atom. The maximum Gasteiger partial charge on any atom is 0.268 e. The van der Waals surface area contributed by atoms with Crippen LogP contribution in [0, 0.1) is 0 Å². The third kappa shape index (κ3) is 2.61. The summed E-state index contributed by atoms with van der Waals surface area (Å²) in [5.74, 6) is -0.147. The van der Waals surface area contributed by atoms with Crippen molar-refractivity contribution in [2.45, 2.75) is 19.8 Å². The molecular weight excluding hydrogens is 244 g/mol. The molecule has 0 saturated heterocycles. The Morgan fingerprint density at radius 3 is 3.06 bits per heavy atom. The smallest absolute Gasteiger partial charge is 0.268 e. The van der Waals surface area contributed by atoms with Gasteiger partial charge in [-0.1, -0.05) is 11.4 Å². The minimum atomic E-state index is -0.147. The molecule has 1 N–H and O–H groups in total. The fourth-order valence-electron chi connectivity index (χ4n) is 1.14. The lowest BCUT2D eigenvalue weighted by molar-refractivity contribution is 0.103. The summed E-state index contributed by atoms with van der Waals surface area (Å²) in [5, 5.41) is 8.01. The van der Waals surface area contributed by atoms with Gasteiger partial charge in [0.05, 0.1) is 17.4 Å². The fraction of sp³-hybridized carbons (Fsp3) is 0.333. The minimum Gasteiger partial charge on any atom is -0.310 e. The molecule has 0 aliphatic carbocycles. The van der Waals surface area contributed by atoms with E-state index in [0.717, 1.165) is 29.4 Å². The van der Waals surface area contributed by atoms with E-state index in [0.29, 0.717) is 9.88 Å². The predicted molar refractivity (Wildman–Crippen MR) is 64.0 cm³/mol. The van der Waals surface area contributed by atoms with E-state index in [2.05, 4.69) is 26.8 Å². The summed E-state index contributed by atoms with van der Waals surface area (Å²) in [6.07, 6.45) is 5.09. The monoisotopic (exact) mass is 254 g/mol. The van der Waals surface area contributed by atoms with Gasteiger partial charge in [-0.05, 0) is 12.8 Å². The van der Waals surface area contributed by atoms with Gasteiger partial charge in [-0.15, -0.1) is 16.4 Å². The molecule has 2 aromatic rings. The molecule has 1 amide bonds. The first-order chi connectivity index (χ1) is 7.79. The highest BCUT2D eigenvalue weighted by Crippen LogP contribution is 2.17. The SMILES string of the molecule is CCCc1ncc(C(=O)Nc2cnns2)s1. The van der Waals surface area contributed by atoms with E-state index in [9.17, 15) is 4.79 Å². The maximum atomic E-state index is 11.7. The van der Waals surface area contributed by atoms with Gasteiger partial charge in [0.1, 0.15) is 9.88 Å². The van der Waals surface area contributed by atoms with Crippen LogP contribution in [0.3, 0.4) is 0 Å². The highest BCUT2D eigenvalue weighted by molar-refractivity contribution is 7.14. The third-order valence-electron chi connectivity index (χ3n) is 1.84. The van der Waals surface area contributed by atoms with Gasteiger partial charge >= 0.3 is 0 Å². The van der Waals surface area contributed by atoms with Crippen molar-refractivity contribution in [3.63, 3.8) is 0 Å². The molecule has 5 nitrogen and oxygen atoms in total. The standard InChI is InChI=1S/C9H10N4OS2/c1-2-3-7-10-4-6(15-7)9(14)12-8-5-11-13-16-8/h4-5H,2-3H2,1H3,(H,12,14). The quantitative estimate of drug-likeness (QED) is 0.908. The molecule has 0 saturated carbocycles. The first-order valence-corrected chi connectivity index (χ1v) is 6.42. The molecule has 16 heavy (non-hydrogen) atoms. The van der Waals surface area contributed by atoms with Crippen LogP contribution in [-0.2, 0) is 6.42 Å². The van der Waals surface area contributed by atoms with E-state index in [1.165, 1.54) is 17.5 Å². The lowest BCUT2D eigenvalue weighted by Gasteiger charge is -1.96. The first kappa shape index (κ1) is 11.2. The van der Waals surface area contributed by atoms with Crippen LogP contribution in [0.15, 0.2) is 12.4 Å². The zero-order valence-corrected chi connectivity index (χ0v) is 10.3. The van der Waals surface area contributed by atoms with Crippen LogP contribution in [0.2, 0.25) is 0 Å². The minimum absolute atomic E-state index is 0.147. The van der Waals surface area contributed by atoms with Crippen LogP contribution >= 0.6 is 22.9 Å². The van der Waals surface area contributed by atoms with Crippen molar-refractivity contribution < 1.29 is 4.79 Å². The van der Waals surface area contributed by atoms with Crippen LogP contribution in [0.4, 0.5) is 5.00 Å². The Morgan fingerprint density at radius 1 is 1.50 bits per heavy atom. The van der Waals surface area contributed by atoms with Crippen LogP contribution in [0.25, 0.3) is 0 Å².